The van der Waals surface area contributed by atoms with Gasteiger partial charge in [-0.05, 0) is 25.7 Å². The van der Waals surface area contributed by atoms with Gasteiger partial charge in [-0.2, -0.15) is 0 Å². The Morgan fingerprint density at radius 2 is 1.94 bits per heavy atom. The molecule has 1 aromatic heterocycles. The molecule has 1 heterocycles. The van der Waals surface area contributed by atoms with E-state index in [2.05, 4.69) is 15.3 Å². The quantitative estimate of drug-likeness (QED) is 0.853. The predicted octanol–water partition coefficient (Wildman–Crippen LogP) is 2.27. The molecule has 0 aromatic carbocycles. The minimum Gasteiger partial charge on any atom is -0.469 e. The Balaban J connectivity index is 1.83. The second kappa shape index (κ2) is 6.00. The zero-order valence-corrected chi connectivity index (χ0v) is 11.0. The van der Waals surface area contributed by atoms with Crippen LogP contribution in [0.3, 0.4) is 0 Å². The topological polar surface area (TPSA) is 64.1 Å². The monoisotopic (exact) mass is 269 g/mol. The van der Waals surface area contributed by atoms with Gasteiger partial charge >= 0.3 is 5.97 Å². The summed E-state index contributed by atoms with van der Waals surface area (Å²) in [5.74, 6) is 0.524. The van der Waals surface area contributed by atoms with Crippen LogP contribution >= 0.6 is 11.6 Å². The van der Waals surface area contributed by atoms with Crippen LogP contribution in [-0.2, 0) is 9.53 Å². The van der Waals surface area contributed by atoms with Crippen molar-refractivity contribution in [2.24, 2.45) is 5.92 Å². The summed E-state index contributed by atoms with van der Waals surface area (Å²) in [4.78, 5) is 19.6. The van der Waals surface area contributed by atoms with E-state index in [1.54, 1.807) is 12.4 Å². The summed E-state index contributed by atoms with van der Waals surface area (Å²) in [6, 6.07) is 0.312. The fraction of sp³-hybridized carbons (Fsp3) is 0.583. The van der Waals surface area contributed by atoms with Crippen molar-refractivity contribution >= 4 is 23.5 Å². The third kappa shape index (κ3) is 3.32. The molecular formula is C12H16ClN3O2. The van der Waals surface area contributed by atoms with Gasteiger partial charge in [-0.1, -0.05) is 11.6 Å². The number of nitrogens with one attached hydrogen (secondary N) is 1. The number of rotatable bonds is 3. The molecule has 0 amide bonds. The Bertz CT molecular complexity index is 402. The highest BCUT2D eigenvalue weighted by atomic mass is 35.5. The highest BCUT2D eigenvalue weighted by Gasteiger charge is 2.26. The van der Waals surface area contributed by atoms with E-state index in [0.29, 0.717) is 17.0 Å². The van der Waals surface area contributed by atoms with Crippen LogP contribution in [0.4, 0.5) is 5.95 Å². The maximum absolute atomic E-state index is 11.4. The molecule has 0 aliphatic heterocycles. The van der Waals surface area contributed by atoms with Crippen molar-refractivity contribution in [1.29, 1.82) is 0 Å². The van der Waals surface area contributed by atoms with E-state index in [9.17, 15) is 4.79 Å². The summed E-state index contributed by atoms with van der Waals surface area (Å²) in [6.45, 7) is 0. The number of nitrogens with zero attached hydrogens (tertiary/aromatic N) is 2. The van der Waals surface area contributed by atoms with Gasteiger partial charge in [0.2, 0.25) is 5.95 Å². The zero-order chi connectivity index (χ0) is 13.0. The Morgan fingerprint density at radius 3 is 2.50 bits per heavy atom. The number of esters is 1. The van der Waals surface area contributed by atoms with E-state index >= 15 is 0 Å². The minimum atomic E-state index is -0.101. The van der Waals surface area contributed by atoms with Crippen LogP contribution in [0.2, 0.25) is 5.02 Å². The number of hydrogen-bond acceptors (Lipinski definition) is 5. The van der Waals surface area contributed by atoms with Gasteiger partial charge in [0.05, 0.1) is 30.4 Å². The fourth-order valence-electron chi connectivity index (χ4n) is 2.21. The molecule has 1 aliphatic rings. The molecule has 1 N–H and O–H groups in total. The van der Waals surface area contributed by atoms with Crippen LogP contribution in [0.25, 0.3) is 0 Å². The van der Waals surface area contributed by atoms with Gasteiger partial charge in [-0.3, -0.25) is 4.79 Å². The first-order valence-corrected chi connectivity index (χ1v) is 6.38. The molecule has 1 aliphatic carbocycles. The molecular weight excluding hydrogens is 254 g/mol. The Hall–Kier alpha value is -1.36. The van der Waals surface area contributed by atoms with Gasteiger partial charge in [-0.25, -0.2) is 9.97 Å². The second-order valence-electron chi connectivity index (χ2n) is 4.44. The third-order valence-electron chi connectivity index (χ3n) is 3.22. The average Bonchev–Trinajstić information content (AvgIpc) is 2.41. The molecule has 1 saturated carbocycles. The third-order valence-corrected chi connectivity index (χ3v) is 3.41. The first-order chi connectivity index (χ1) is 8.69. The number of aromatic nitrogens is 2. The maximum Gasteiger partial charge on any atom is 0.308 e. The van der Waals surface area contributed by atoms with E-state index in [-0.39, 0.29) is 11.9 Å². The summed E-state index contributed by atoms with van der Waals surface area (Å²) >= 11 is 5.72. The molecule has 2 rings (SSSR count). The molecule has 98 valence electrons. The lowest BCUT2D eigenvalue weighted by atomic mass is 9.86. The SMILES string of the molecule is COC(=O)C1CCC(Nc2ncc(Cl)cn2)CC1. The predicted molar refractivity (Wildman–Crippen MR) is 68.4 cm³/mol. The molecule has 6 heteroatoms. The molecule has 0 bridgehead atoms. The molecule has 18 heavy (non-hydrogen) atoms. The lowest BCUT2D eigenvalue weighted by molar-refractivity contribution is -0.146. The van der Waals surface area contributed by atoms with Crippen molar-refractivity contribution in [2.75, 3.05) is 12.4 Å². The molecule has 1 fully saturated rings. The highest BCUT2D eigenvalue weighted by Crippen LogP contribution is 2.26. The highest BCUT2D eigenvalue weighted by molar-refractivity contribution is 6.30. The van der Waals surface area contributed by atoms with Crippen LogP contribution in [0, 0.1) is 5.92 Å². The lowest BCUT2D eigenvalue weighted by Crippen LogP contribution is -2.30. The van der Waals surface area contributed by atoms with E-state index in [0.717, 1.165) is 25.7 Å². The van der Waals surface area contributed by atoms with Crippen molar-refractivity contribution in [3.05, 3.63) is 17.4 Å². The van der Waals surface area contributed by atoms with Crippen LogP contribution in [0.5, 0.6) is 0 Å². The first-order valence-electron chi connectivity index (χ1n) is 6.01. The standard InChI is InChI=1S/C12H16ClN3O2/c1-18-11(17)8-2-4-10(5-3-8)16-12-14-6-9(13)7-15-12/h6-8,10H,2-5H2,1H3,(H,14,15,16). The number of ether oxygens (including phenoxy) is 1. The summed E-state index contributed by atoms with van der Waals surface area (Å²) in [6.07, 6.45) is 6.67. The van der Waals surface area contributed by atoms with Crippen molar-refractivity contribution < 1.29 is 9.53 Å². The van der Waals surface area contributed by atoms with Crippen molar-refractivity contribution in [3.8, 4) is 0 Å². The second-order valence-corrected chi connectivity index (χ2v) is 4.88. The summed E-state index contributed by atoms with van der Waals surface area (Å²) in [7, 11) is 1.44. The normalized spacial score (nSPS) is 23.4. The van der Waals surface area contributed by atoms with Gasteiger partial charge in [0.25, 0.3) is 0 Å². The number of carbonyl (C=O) groups excluding carboxylic acids is 1. The maximum atomic E-state index is 11.4. The zero-order valence-electron chi connectivity index (χ0n) is 10.2. The van der Waals surface area contributed by atoms with Crippen LogP contribution < -0.4 is 5.32 Å². The van der Waals surface area contributed by atoms with Crippen molar-refractivity contribution in [1.82, 2.24) is 9.97 Å². The van der Waals surface area contributed by atoms with E-state index in [1.807, 2.05) is 0 Å². The van der Waals surface area contributed by atoms with Gasteiger partial charge < -0.3 is 10.1 Å². The van der Waals surface area contributed by atoms with E-state index < -0.39 is 0 Å². The average molecular weight is 270 g/mol. The smallest absolute Gasteiger partial charge is 0.308 e. The fourth-order valence-corrected chi connectivity index (χ4v) is 2.31. The molecule has 1 aromatic rings. The number of methoxy groups -OCH3 is 1. The Kier molecular flexibility index (Phi) is 4.36. The molecule has 0 atom stereocenters. The summed E-state index contributed by atoms with van der Waals surface area (Å²) in [5.41, 5.74) is 0. The summed E-state index contributed by atoms with van der Waals surface area (Å²) < 4.78 is 4.76. The van der Waals surface area contributed by atoms with Crippen LogP contribution in [-0.4, -0.2) is 29.1 Å². The Labute approximate surface area is 111 Å². The minimum absolute atomic E-state index is 0.0409. The number of hydrogen-bond donors (Lipinski definition) is 1. The van der Waals surface area contributed by atoms with Gasteiger partial charge in [-0.15, -0.1) is 0 Å². The van der Waals surface area contributed by atoms with Gasteiger partial charge in [0.15, 0.2) is 0 Å². The molecule has 0 saturated heterocycles. The molecule has 0 unspecified atom stereocenters. The van der Waals surface area contributed by atoms with Gasteiger partial charge in [0.1, 0.15) is 0 Å². The van der Waals surface area contributed by atoms with Crippen molar-refractivity contribution in [3.63, 3.8) is 0 Å². The lowest BCUT2D eigenvalue weighted by Gasteiger charge is -2.27. The van der Waals surface area contributed by atoms with Gasteiger partial charge in [0, 0.05) is 6.04 Å². The molecule has 5 nitrogen and oxygen atoms in total. The number of anilines is 1. The molecule has 0 radical (unpaired) electrons. The molecule has 0 spiro atoms. The van der Waals surface area contributed by atoms with Crippen LogP contribution in [0.1, 0.15) is 25.7 Å². The summed E-state index contributed by atoms with van der Waals surface area (Å²) in [5, 5.41) is 3.78. The van der Waals surface area contributed by atoms with Crippen molar-refractivity contribution in [2.45, 2.75) is 31.7 Å². The van der Waals surface area contributed by atoms with E-state index in [4.69, 9.17) is 16.3 Å². The number of carbonyl (C=O) groups is 1. The number of halogens is 1. The first kappa shape index (κ1) is 13.1. The van der Waals surface area contributed by atoms with E-state index in [1.165, 1.54) is 7.11 Å². The Morgan fingerprint density at radius 1 is 1.33 bits per heavy atom. The van der Waals surface area contributed by atoms with Crippen LogP contribution in [0.15, 0.2) is 12.4 Å². The largest absolute Gasteiger partial charge is 0.469 e.